The van der Waals surface area contributed by atoms with Crippen LogP contribution in [0.5, 0.6) is 5.75 Å². The van der Waals surface area contributed by atoms with E-state index in [1.807, 2.05) is 25.1 Å². The first-order valence-electron chi connectivity index (χ1n) is 17.1. The number of fused-ring (bicyclic) bond motifs is 4. The van der Waals surface area contributed by atoms with Gasteiger partial charge in [-0.3, -0.25) is 9.52 Å². The number of ether oxygens (including phenoxy) is 3. The van der Waals surface area contributed by atoms with Crippen LogP contribution in [0.1, 0.15) is 60.5 Å². The number of amides is 3. The highest BCUT2D eigenvalue weighted by Gasteiger charge is 2.44. The molecule has 7 rings (SSSR count). The Morgan fingerprint density at radius 1 is 1.19 bits per heavy atom. The Labute approximate surface area is 288 Å². The highest BCUT2D eigenvalue weighted by atomic mass is 35.5. The van der Waals surface area contributed by atoms with Crippen LogP contribution in [0.2, 0.25) is 5.02 Å². The van der Waals surface area contributed by atoms with Crippen molar-refractivity contribution >= 4 is 39.1 Å². The molecule has 2 aromatic carbocycles. The number of nitrogens with one attached hydrogen (secondary N) is 2. The maximum atomic E-state index is 14.3. The van der Waals surface area contributed by atoms with Crippen LogP contribution in [0.3, 0.4) is 0 Å². The third-order valence-corrected chi connectivity index (χ3v) is 13.0. The Morgan fingerprint density at radius 3 is 2.79 bits per heavy atom. The van der Waals surface area contributed by atoms with Crippen LogP contribution in [-0.2, 0) is 31.2 Å². The first-order valence-corrected chi connectivity index (χ1v) is 19.2. The van der Waals surface area contributed by atoms with Crippen LogP contribution >= 0.6 is 11.6 Å². The summed E-state index contributed by atoms with van der Waals surface area (Å²) in [5.74, 6) is 0.712. The predicted octanol–water partition coefficient (Wildman–Crippen LogP) is 5.67. The van der Waals surface area contributed by atoms with E-state index < -0.39 is 21.9 Å². The number of allylic oxidation sites excluding steroid dienone is 1. The minimum absolute atomic E-state index is 0.0213. The molecule has 48 heavy (non-hydrogen) atoms. The lowest BCUT2D eigenvalue weighted by atomic mass is 9.68. The number of hydrogen-bond acceptors (Lipinski definition) is 7. The van der Waals surface area contributed by atoms with Crippen molar-refractivity contribution < 1.29 is 28.0 Å². The molecule has 258 valence electrons. The SMILES string of the molecule is CO[C@H]1/C=C\C[C@H](C)CS(=O)(NC(=O)NC2COC2)=NC(=O)c2ccc3c(c2)N(C[C@@H]2CC[C@H]21)C[C@@]1(CCCc2cc(Cl)ccc21)CO3. The molecule has 1 saturated carbocycles. The molecule has 1 spiro atoms. The standard InChI is InChI=1S/C36H45ClN4O6S/c1-23-5-3-7-32(45-2)29-11-8-26(29)17-41-21-36(14-4-6-24-15-27(37)10-12-30(24)36)22-47-33-13-9-25(16-31(33)41)34(42)39-48(44,20-23)40-35(43)38-28-18-46-19-28/h3,7,9-10,12-13,15-16,23,26,28-29,32H,4-6,8,11,14,17-22H2,1-2H3,(H2,38,39,40,42,43,44)/b7-3-/t23-,26-,29+,32-,36-,48?/m0/s1. The molecule has 5 aliphatic rings. The Hall–Kier alpha value is -3.12. The van der Waals surface area contributed by atoms with E-state index in [1.165, 1.54) is 11.1 Å². The molecule has 2 aromatic rings. The molecule has 1 unspecified atom stereocenters. The lowest BCUT2D eigenvalue weighted by molar-refractivity contribution is 0.000295. The van der Waals surface area contributed by atoms with Gasteiger partial charge in [-0.05, 0) is 97.7 Å². The fourth-order valence-electron chi connectivity index (χ4n) is 8.05. The topological polar surface area (TPSA) is 119 Å². The van der Waals surface area contributed by atoms with Crippen LogP contribution < -0.4 is 19.7 Å². The second kappa shape index (κ2) is 13.7. The van der Waals surface area contributed by atoms with Crippen molar-refractivity contribution in [1.29, 1.82) is 0 Å². The van der Waals surface area contributed by atoms with Crippen molar-refractivity contribution in [1.82, 2.24) is 10.0 Å². The summed E-state index contributed by atoms with van der Waals surface area (Å²) < 4.78 is 38.9. The summed E-state index contributed by atoms with van der Waals surface area (Å²) in [5, 5.41) is 3.50. The van der Waals surface area contributed by atoms with E-state index in [1.54, 1.807) is 13.2 Å². The quantitative estimate of drug-likeness (QED) is 0.397. The van der Waals surface area contributed by atoms with Crippen LogP contribution in [0.4, 0.5) is 10.5 Å². The molecule has 1 saturated heterocycles. The van der Waals surface area contributed by atoms with Gasteiger partial charge in [0.25, 0.3) is 5.91 Å². The molecule has 3 heterocycles. The third-order valence-electron chi connectivity index (χ3n) is 10.7. The third kappa shape index (κ3) is 6.84. The summed E-state index contributed by atoms with van der Waals surface area (Å²) in [6, 6.07) is 10.8. The highest BCUT2D eigenvalue weighted by molar-refractivity contribution is 7.92. The van der Waals surface area contributed by atoms with Gasteiger partial charge < -0.3 is 24.4 Å². The van der Waals surface area contributed by atoms with E-state index >= 15 is 0 Å². The second-order valence-corrected chi connectivity index (χ2v) is 16.7. The molecule has 3 aliphatic heterocycles. The normalized spacial score (nSPS) is 32.6. The van der Waals surface area contributed by atoms with Gasteiger partial charge in [0.05, 0.1) is 43.4 Å². The van der Waals surface area contributed by atoms with Crippen molar-refractivity contribution in [3.8, 4) is 5.75 Å². The number of halogens is 1. The summed E-state index contributed by atoms with van der Waals surface area (Å²) in [6.07, 6.45) is 9.92. The van der Waals surface area contributed by atoms with Gasteiger partial charge in [0.15, 0.2) is 0 Å². The van der Waals surface area contributed by atoms with Gasteiger partial charge in [-0.1, -0.05) is 36.7 Å². The lowest BCUT2D eigenvalue weighted by Crippen LogP contribution is -2.53. The van der Waals surface area contributed by atoms with Crippen molar-refractivity contribution in [2.24, 2.45) is 22.1 Å². The number of carbonyl (C=O) groups excluding carboxylic acids is 2. The van der Waals surface area contributed by atoms with E-state index in [0.29, 0.717) is 49.4 Å². The lowest BCUT2D eigenvalue weighted by Gasteiger charge is -2.46. The number of nitrogens with zero attached hydrogens (tertiary/aromatic N) is 2. The monoisotopic (exact) mass is 696 g/mol. The number of benzene rings is 2. The molecule has 6 atom stereocenters. The van der Waals surface area contributed by atoms with Gasteiger partial charge in [-0.25, -0.2) is 9.00 Å². The number of urea groups is 1. The molecule has 0 radical (unpaired) electrons. The molecule has 2 N–H and O–H groups in total. The van der Waals surface area contributed by atoms with E-state index in [4.69, 9.17) is 25.8 Å². The van der Waals surface area contributed by atoms with E-state index in [2.05, 4.69) is 43.6 Å². The molecule has 2 bridgehead atoms. The summed E-state index contributed by atoms with van der Waals surface area (Å²) in [4.78, 5) is 29.1. The maximum Gasteiger partial charge on any atom is 0.327 e. The zero-order valence-corrected chi connectivity index (χ0v) is 29.2. The van der Waals surface area contributed by atoms with Gasteiger partial charge in [-0.15, -0.1) is 4.36 Å². The minimum atomic E-state index is -3.47. The molecule has 2 aliphatic carbocycles. The van der Waals surface area contributed by atoms with Gasteiger partial charge >= 0.3 is 6.03 Å². The Bertz CT molecular complexity index is 1720. The van der Waals surface area contributed by atoms with Crippen molar-refractivity contribution in [3.05, 3.63) is 70.3 Å². The highest BCUT2D eigenvalue weighted by Crippen LogP contribution is 2.47. The predicted molar refractivity (Wildman–Crippen MR) is 186 cm³/mol. The zero-order chi connectivity index (χ0) is 33.5. The molecule has 12 heteroatoms. The molecule has 2 fully saturated rings. The van der Waals surface area contributed by atoms with Crippen molar-refractivity contribution in [2.75, 3.05) is 50.7 Å². The number of carbonyl (C=O) groups is 2. The Balaban J connectivity index is 1.28. The fraction of sp³-hybridized carbons (Fsp3) is 0.556. The number of methoxy groups -OCH3 is 1. The number of hydrogen-bond donors (Lipinski definition) is 2. The average Bonchev–Trinajstić information content (AvgIpc) is 3.16. The van der Waals surface area contributed by atoms with Crippen LogP contribution in [0, 0.1) is 17.8 Å². The molecular formula is C36H45ClN4O6S. The largest absolute Gasteiger partial charge is 0.490 e. The van der Waals surface area contributed by atoms with Crippen LogP contribution in [0.25, 0.3) is 0 Å². The molecule has 10 nitrogen and oxygen atoms in total. The summed E-state index contributed by atoms with van der Waals surface area (Å²) in [7, 11) is -1.71. The molecule has 3 amide bonds. The van der Waals surface area contributed by atoms with E-state index in [0.717, 1.165) is 55.9 Å². The van der Waals surface area contributed by atoms with E-state index in [9.17, 15) is 13.8 Å². The number of anilines is 1. The molecular weight excluding hydrogens is 652 g/mol. The maximum absolute atomic E-state index is 14.3. The minimum Gasteiger partial charge on any atom is -0.490 e. The number of aryl methyl sites for hydroxylation is 1. The van der Waals surface area contributed by atoms with E-state index in [-0.39, 0.29) is 29.2 Å². The number of rotatable bonds is 3. The van der Waals surface area contributed by atoms with Gasteiger partial charge in [0.1, 0.15) is 15.7 Å². The van der Waals surface area contributed by atoms with Crippen LogP contribution in [-0.4, -0.2) is 74.1 Å². The van der Waals surface area contributed by atoms with Gasteiger partial charge in [0, 0.05) is 36.2 Å². The fourth-order valence-corrected chi connectivity index (χ4v) is 10.1. The summed E-state index contributed by atoms with van der Waals surface area (Å²) in [5.41, 5.74) is 3.42. The Morgan fingerprint density at radius 2 is 2.04 bits per heavy atom. The van der Waals surface area contributed by atoms with Crippen molar-refractivity contribution in [2.45, 2.75) is 63.0 Å². The van der Waals surface area contributed by atoms with Gasteiger partial charge in [0.2, 0.25) is 0 Å². The first-order chi connectivity index (χ1) is 23.1. The van der Waals surface area contributed by atoms with Crippen LogP contribution in [0.15, 0.2) is 52.9 Å². The zero-order valence-electron chi connectivity index (χ0n) is 27.6. The van der Waals surface area contributed by atoms with Gasteiger partial charge in [-0.2, -0.15) is 0 Å². The summed E-state index contributed by atoms with van der Waals surface area (Å²) in [6.45, 7) is 4.75. The van der Waals surface area contributed by atoms with Crippen molar-refractivity contribution in [3.63, 3.8) is 0 Å². The average molecular weight is 697 g/mol. The first kappa shape index (κ1) is 33.4. The Kier molecular flexibility index (Phi) is 9.49. The molecule has 0 aromatic heterocycles. The summed E-state index contributed by atoms with van der Waals surface area (Å²) >= 11 is 6.44. The smallest absolute Gasteiger partial charge is 0.327 e. The second-order valence-electron chi connectivity index (χ2n) is 14.3.